The van der Waals surface area contributed by atoms with Crippen LogP contribution in [0.3, 0.4) is 0 Å². The van der Waals surface area contributed by atoms with E-state index in [1.165, 1.54) is 0 Å². The lowest BCUT2D eigenvalue weighted by Crippen LogP contribution is -2.41. The van der Waals surface area contributed by atoms with E-state index >= 15 is 0 Å². The molecule has 5 nitrogen and oxygen atoms in total. The van der Waals surface area contributed by atoms with Gasteiger partial charge in [0.05, 0.1) is 13.2 Å². The van der Waals surface area contributed by atoms with Crippen molar-refractivity contribution in [2.45, 2.75) is 13.0 Å². The molecule has 2 aromatic rings. The Morgan fingerprint density at radius 3 is 2.77 bits per heavy atom. The molecule has 1 aromatic carbocycles. The van der Waals surface area contributed by atoms with Gasteiger partial charge < -0.3 is 13.9 Å². The molecule has 22 heavy (non-hydrogen) atoms. The van der Waals surface area contributed by atoms with Gasteiger partial charge in [0, 0.05) is 25.0 Å². The predicted octanol–water partition coefficient (Wildman–Crippen LogP) is 2.73. The Kier molecular flexibility index (Phi) is 5.83. The van der Waals surface area contributed by atoms with Crippen LogP contribution >= 0.6 is 12.4 Å². The highest BCUT2D eigenvalue weighted by Crippen LogP contribution is 2.19. The van der Waals surface area contributed by atoms with Gasteiger partial charge in [0.2, 0.25) is 5.76 Å². The number of halogens is 1. The van der Waals surface area contributed by atoms with Gasteiger partial charge in [0.25, 0.3) is 0 Å². The van der Waals surface area contributed by atoms with E-state index in [4.69, 9.17) is 13.9 Å². The summed E-state index contributed by atoms with van der Waals surface area (Å²) in [4.78, 5) is 14.3. The summed E-state index contributed by atoms with van der Waals surface area (Å²) in [5.41, 5.74) is 0.699. The Labute approximate surface area is 135 Å². The minimum absolute atomic E-state index is 0. The summed E-state index contributed by atoms with van der Waals surface area (Å²) in [7, 11) is 0. The number of nitrogens with zero attached hydrogens (tertiary/aromatic N) is 1. The van der Waals surface area contributed by atoms with Crippen LogP contribution in [0.2, 0.25) is 0 Å². The van der Waals surface area contributed by atoms with Gasteiger partial charge in [-0.3, -0.25) is 4.90 Å². The van der Waals surface area contributed by atoms with Crippen molar-refractivity contribution in [3.8, 4) is 0 Å². The standard InChI is InChI=1S/C16H19NO4.ClH/c1-12(11-17-6-8-19-9-7-17)20-16(18)15-10-13-4-2-3-5-14(13)21-15;/h2-5,10,12H,6-9,11H2,1H3;1H. The van der Waals surface area contributed by atoms with Crippen LogP contribution in [0, 0.1) is 0 Å². The molecule has 1 atom stereocenters. The second kappa shape index (κ2) is 7.63. The SMILES string of the molecule is CC(CN1CCOCC1)OC(=O)c1cc2ccccc2o1.Cl. The van der Waals surface area contributed by atoms with E-state index in [1.807, 2.05) is 31.2 Å². The van der Waals surface area contributed by atoms with Crippen molar-refractivity contribution in [2.75, 3.05) is 32.8 Å². The van der Waals surface area contributed by atoms with Crippen molar-refractivity contribution in [1.29, 1.82) is 0 Å². The fraction of sp³-hybridized carbons (Fsp3) is 0.438. The summed E-state index contributed by atoms with van der Waals surface area (Å²) in [6.07, 6.45) is -0.177. The van der Waals surface area contributed by atoms with E-state index < -0.39 is 5.97 Å². The van der Waals surface area contributed by atoms with Crippen LogP contribution in [-0.2, 0) is 9.47 Å². The summed E-state index contributed by atoms with van der Waals surface area (Å²) >= 11 is 0. The van der Waals surface area contributed by atoms with Crippen molar-refractivity contribution in [1.82, 2.24) is 4.90 Å². The van der Waals surface area contributed by atoms with Gasteiger partial charge in [0.1, 0.15) is 11.7 Å². The normalized spacial score (nSPS) is 17.0. The number of carbonyl (C=O) groups excluding carboxylic acids is 1. The Hall–Kier alpha value is -1.56. The van der Waals surface area contributed by atoms with Crippen molar-refractivity contribution in [3.63, 3.8) is 0 Å². The monoisotopic (exact) mass is 325 g/mol. The number of hydrogen-bond donors (Lipinski definition) is 0. The third-order valence-electron chi connectivity index (χ3n) is 3.55. The number of ether oxygens (including phenoxy) is 2. The molecule has 3 rings (SSSR count). The van der Waals surface area contributed by atoms with E-state index in [2.05, 4.69) is 4.90 Å². The van der Waals surface area contributed by atoms with E-state index in [1.54, 1.807) is 6.07 Å². The van der Waals surface area contributed by atoms with Gasteiger partial charge in [0.15, 0.2) is 0 Å². The first-order valence-electron chi connectivity index (χ1n) is 7.22. The van der Waals surface area contributed by atoms with Crippen LogP contribution in [0.15, 0.2) is 34.7 Å². The van der Waals surface area contributed by atoms with Gasteiger partial charge in [-0.2, -0.15) is 0 Å². The highest BCUT2D eigenvalue weighted by Gasteiger charge is 2.19. The molecule has 1 fully saturated rings. The zero-order chi connectivity index (χ0) is 14.7. The van der Waals surface area contributed by atoms with Gasteiger partial charge in [-0.1, -0.05) is 18.2 Å². The first-order chi connectivity index (χ1) is 10.2. The average Bonchev–Trinajstić information content (AvgIpc) is 2.92. The lowest BCUT2D eigenvalue weighted by molar-refractivity contribution is -0.00113. The van der Waals surface area contributed by atoms with Crippen LogP contribution in [0.4, 0.5) is 0 Å². The maximum Gasteiger partial charge on any atom is 0.374 e. The third-order valence-corrected chi connectivity index (χ3v) is 3.55. The molecule has 0 radical (unpaired) electrons. The zero-order valence-corrected chi connectivity index (χ0v) is 13.3. The summed E-state index contributed by atoms with van der Waals surface area (Å²) in [5.74, 6) is -0.156. The van der Waals surface area contributed by atoms with Gasteiger partial charge in [-0.25, -0.2) is 4.79 Å². The number of benzene rings is 1. The second-order valence-corrected chi connectivity index (χ2v) is 5.28. The summed E-state index contributed by atoms with van der Waals surface area (Å²) < 4.78 is 16.3. The Balaban J connectivity index is 0.00000176. The number of hydrogen-bond acceptors (Lipinski definition) is 5. The van der Waals surface area contributed by atoms with E-state index in [9.17, 15) is 4.79 Å². The summed E-state index contributed by atoms with van der Waals surface area (Å²) in [5, 5.41) is 0.908. The molecule has 0 N–H and O–H groups in total. The van der Waals surface area contributed by atoms with Gasteiger partial charge in [-0.15, -0.1) is 12.4 Å². The molecular formula is C16H20ClNO4. The molecule has 0 aliphatic carbocycles. The van der Waals surface area contributed by atoms with Crippen molar-refractivity contribution in [3.05, 3.63) is 36.1 Å². The number of esters is 1. The van der Waals surface area contributed by atoms with Crippen LogP contribution in [0.1, 0.15) is 17.5 Å². The third kappa shape index (κ3) is 4.00. The molecule has 0 bridgehead atoms. The number of furan rings is 1. The molecule has 2 heterocycles. The van der Waals surface area contributed by atoms with E-state index in [0.717, 1.165) is 38.2 Å². The highest BCUT2D eigenvalue weighted by molar-refractivity contribution is 5.92. The van der Waals surface area contributed by atoms with Gasteiger partial charge in [-0.05, 0) is 19.1 Å². The quantitative estimate of drug-likeness (QED) is 0.809. The molecule has 1 aliphatic heterocycles. The zero-order valence-electron chi connectivity index (χ0n) is 12.5. The van der Waals surface area contributed by atoms with E-state index in [-0.39, 0.29) is 24.3 Å². The average molecular weight is 326 g/mol. The molecule has 1 unspecified atom stereocenters. The topological polar surface area (TPSA) is 51.9 Å². The Bertz CT molecular complexity index is 588. The molecular weight excluding hydrogens is 306 g/mol. The molecule has 0 saturated carbocycles. The smallest absolute Gasteiger partial charge is 0.374 e. The minimum atomic E-state index is -0.410. The van der Waals surface area contributed by atoms with Crippen molar-refractivity contribution >= 4 is 29.3 Å². The van der Waals surface area contributed by atoms with Gasteiger partial charge >= 0.3 is 5.97 Å². The van der Waals surface area contributed by atoms with Crippen molar-refractivity contribution in [2.24, 2.45) is 0 Å². The molecule has 1 saturated heterocycles. The number of carbonyl (C=O) groups is 1. The second-order valence-electron chi connectivity index (χ2n) is 5.28. The minimum Gasteiger partial charge on any atom is -0.455 e. The fourth-order valence-corrected chi connectivity index (χ4v) is 2.51. The molecule has 120 valence electrons. The number of rotatable bonds is 4. The lowest BCUT2D eigenvalue weighted by Gasteiger charge is -2.28. The summed E-state index contributed by atoms with van der Waals surface area (Å²) in [6, 6.07) is 9.26. The van der Waals surface area contributed by atoms with E-state index in [0.29, 0.717) is 5.58 Å². The number of para-hydroxylation sites is 1. The number of fused-ring (bicyclic) bond motifs is 1. The highest BCUT2D eigenvalue weighted by atomic mass is 35.5. The first kappa shape index (κ1) is 16.8. The Morgan fingerprint density at radius 1 is 1.32 bits per heavy atom. The van der Waals surface area contributed by atoms with Crippen LogP contribution in [0.25, 0.3) is 11.0 Å². The number of morpholine rings is 1. The molecule has 0 amide bonds. The maximum absolute atomic E-state index is 12.1. The predicted molar refractivity (Wildman–Crippen MR) is 85.6 cm³/mol. The first-order valence-corrected chi connectivity index (χ1v) is 7.22. The Morgan fingerprint density at radius 2 is 2.05 bits per heavy atom. The van der Waals surface area contributed by atoms with Crippen molar-refractivity contribution < 1.29 is 18.7 Å². The largest absolute Gasteiger partial charge is 0.455 e. The van der Waals surface area contributed by atoms with Crippen LogP contribution < -0.4 is 0 Å². The molecule has 1 aromatic heterocycles. The molecule has 6 heteroatoms. The summed E-state index contributed by atoms with van der Waals surface area (Å²) in [6.45, 7) is 5.86. The molecule has 1 aliphatic rings. The van der Waals surface area contributed by atoms with Crippen LogP contribution in [0.5, 0.6) is 0 Å². The lowest BCUT2D eigenvalue weighted by atomic mass is 10.2. The molecule has 0 spiro atoms. The fourth-order valence-electron chi connectivity index (χ4n) is 2.51. The maximum atomic E-state index is 12.1. The van der Waals surface area contributed by atoms with Crippen LogP contribution in [-0.4, -0.2) is 49.8 Å².